The zero-order chi connectivity index (χ0) is 55.8. The topological polar surface area (TPSA) is 290 Å². The van der Waals surface area contributed by atoms with Gasteiger partial charge in [0.1, 0.15) is 0 Å². The van der Waals surface area contributed by atoms with E-state index in [1.807, 2.05) is 0 Å². The van der Waals surface area contributed by atoms with Gasteiger partial charge in [-0.25, -0.2) is 0 Å². The SMILES string of the molecule is C[C@H](CCC(=O)NCCCCN(CCCNC(=O)CC[C@@H](C)[C@H]1CC[C@H]2[C@@H]3[C@H](O)C[C@@H]4C[C@H](O)CC[C@]4(C)[C@H]3C[C@H](O)[C@]12C)C(=O)[C@@H](N)CCCN=C(N)N)[C@H]1CC[C@H]2[C@@H]3[C@H](O)C[C@@H]4C[C@H](O)CC[C@]4(C)[C@H]3C[C@H](O)[C@]12C. The second kappa shape index (κ2) is 24.9. The third-order valence-electron chi connectivity index (χ3n) is 24.4. The molecule has 440 valence electrons. The van der Waals surface area contributed by atoms with Gasteiger partial charge in [-0.3, -0.25) is 19.4 Å². The average Bonchev–Trinajstić information content (AvgIpc) is 4.21. The van der Waals surface area contributed by atoms with Crippen molar-refractivity contribution in [2.24, 2.45) is 115 Å². The molecule has 8 aliphatic carbocycles. The molecule has 0 radical (unpaired) electrons. The Morgan fingerprint density at radius 1 is 0.584 bits per heavy atom. The number of amides is 3. The number of aliphatic hydroxyl groups excluding tert-OH is 6. The predicted molar refractivity (Wildman–Crippen MR) is 299 cm³/mol. The molecule has 0 aromatic heterocycles. The van der Waals surface area contributed by atoms with E-state index < -0.39 is 30.5 Å². The molecule has 0 unspecified atom stereocenters. The van der Waals surface area contributed by atoms with Crippen LogP contribution >= 0.6 is 0 Å². The van der Waals surface area contributed by atoms with Gasteiger partial charge in [0.25, 0.3) is 0 Å². The van der Waals surface area contributed by atoms with Crippen LogP contribution in [0.2, 0.25) is 0 Å². The van der Waals surface area contributed by atoms with Crippen molar-refractivity contribution < 1.29 is 45.0 Å². The Morgan fingerprint density at radius 2 is 1.04 bits per heavy atom. The van der Waals surface area contributed by atoms with E-state index in [0.29, 0.717) is 96.9 Å². The highest BCUT2D eigenvalue weighted by molar-refractivity contribution is 5.81. The number of carbonyl (C=O) groups is 3. The van der Waals surface area contributed by atoms with Crippen molar-refractivity contribution in [3.63, 3.8) is 0 Å². The van der Waals surface area contributed by atoms with Crippen LogP contribution in [0.25, 0.3) is 0 Å². The lowest BCUT2D eigenvalue weighted by molar-refractivity contribution is -0.207. The van der Waals surface area contributed by atoms with E-state index in [9.17, 15) is 45.0 Å². The van der Waals surface area contributed by atoms with Gasteiger partial charge in [-0.05, 0) is 228 Å². The van der Waals surface area contributed by atoms with Crippen LogP contribution in [-0.4, -0.2) is 135 Å². The molecule has 0 aromatic carbocycles. The summed E-state index contributed by atoms with van der Waals surface area (Å²) in [5.41, 5.74) is 16.9. The number of guanidine groups is 1. The summed E-state index contributed by atoms with van der Waals surface area (Å²) in [6.45, 7) is 15.9. The second-order valence-corrected chi connectivity index (χ2v) is 28.2. The quantitative estimate of drug-likeness (QED) is 0.0372. The number of unbranched alkanes of at least 4 members (excludes halogenated alkanes) is 1. The van der Waals surface area contributed by atoms with Crippen LogP contribution in [0.3, 0.4) is 0 Å². The molecule has 16 heteroatoms. The van der Waals surface area contributed by atoms with E-state index in [0.717, 1.165) is 83.5 Å². The molecule has 0 spiro atoms. The first-order valence-electron chi connectivity index (χ1n) is 31.2. The molecule has 0 aliphatic heterocycles. The Kier molecular flexibility index (Phi) is 19.5. The van der Waals surface area contributed by atoms with Crippen LogP contribution in [-0.2, 0) is 14.4 Å². The van der Waals surface area contributed by atoms with Crippen molar-refractivity contribution in [2.45, 2.75) is 232 Å². The number of hydrogen-bond donors (Lipinski definition) is 11. The summed E-state index contributed by atoms with van der Waals surface area (Å²) in [5.74, 6) is 2.64. The highest BCUT2D eigenvalue weighted by Crippen LogP contribution is 2.70. The number of nitrogens with one attached hydrogen (secondary N) is 2. The Hall–Kier alpha value is -2.60. The number of hydrogen-bond acceptors (Lipinski definition) is 11. The van der Waals surface area contributed by atoms with Gasteiger partial charge in [-0.2, -0.15) is 0 Å². The van der Waals surface area contributed by atoms with Gasteiger partial charge in [0.15, 0.2) is 5.96 Å². The fraction of sp³-hybridized carbons (Fsp3) is 0.934. The molecule has 8 rings (SSSR count). The van der Waals surface area contributed by atoms with Crippen molar-refractivity contribution in [3.05, 3.63) is 0 Å². The number of fused-ring (bicyclic) bond motifs is 10. The minimum atomic E-state index is -0.723. The smallest absolute Gasteiger partial charge is 0.239 e. The summed E-state index contributed by atoms with van der Waals surface area (Å²) in [4.78, 5) is 46.2. The van der Waals surface area contributed by atoms with Crippen LogP contribution in [0.15, 0.2) is 4.99 Å². The van der Waals surface area contributed by atoms with Crippen LogP contribution in [0.5, 0.6) is 0 Å². The lowest BCUT2D eigenvalue weighted by Gasteiger charge is -2.63. The molecule has 0 saturated heterocycles. The maximum atomic E-state index is 13.7. The molecule has 8 fully saturated rings. The van der Waals surface area contributed by atoms with Crippen LogP contribution in [0, 0.1) is 92.7 Å². The molecule has 8 saturated carbocycles. The third kappa shape index (κ3) is 12.2. The minimum Gasteiger partial charge on any atom is -0.393 e. The Labute approximate surface area is 462 Å². The van der Waals surface area contributed by atoms with E-state index >= 15 is 0 Å². The van der Waals surface area contributed by atoms with E-state index in [2.05, 4.69) is 57.2 Å². The van der Waals surface area contributed by atoms with E-state index in [1.54, 1.807) is 4.90 Å². The van der Waals surface area contributed by atoms with E-state index in [1.165, 1.54) is 0 Å². The Balaban J connectivity index is 0.763. The molecule has 3 amide bonds. The first-order chi connectivity index (χ1) is 36.4. The number of carbonyl (C=O) groups excluding carboxylic acids is 3. The first-order valence-corrected chi connectivity index (χ1v) is 31.2. The number of aliphatic hydroxyl groups is 6. The van der Waals surface area contributed by atoms with Crippen molar-refractivity contribution in [1.29, 1.82) is 0 Å². The van der Waals surface area contributed by atoms with Gasteiger partial charge in [0.2, 0.25) is 17.7 Å². The van der Waals surface area contributed by atoms with Gasteiger partial charge in [0.05, 0.1) is 42.7 Å². The third-order valence-corrected chi connectivity index (χ3v) is 24.4. The van der Waals surface area contributed by atoms with Crippen molar-refractivity contribution in [2.75, 3.05) is 32.7 Å². The fourth-order valence-corrected chi connectivity index (χ4v) is 19.9. The summed E-state index contributed by atoms with van der Waals surface area (Å²) in [7, 11) is 0. The summed E-state index contributed by atoms with van der Waals surface area (Å²) >= 11 is 0. The molecule has 16 nitrogen and oxygen atoms in total. The molecule has 0 heterocycles. The molecule has 8 aliphatic rings. The van der Waals surface area contributed by atoms with Crippen molar-refractivity contribution in [3.8, 4) is 0 Å². The molecule has 77 heavy (non-hydrogen) atoms. The van der Waals surface area contributed by atoms with Crippen molar-refractivity contribution in [1.82, 2.24) is 15.5 Å². The molecule has 14 N–H and O–H groups in total. The largest absolute Gasteiger partial charge is 0.393 e. The van der Waals surface area contributed by atoms with Gasteiger partial charge in [-0.15, -0.1) is 0 Å². The zero-order valence-electron chi connectivity index (χ0n) is 48.3. The highest BCUT2D eigenvalue weighted by Gasteiger charge is 2.67. The minimum absolute atomic E-state index is 0.00268. The monoisotopic (exact) mass is 1080 g/mol. The van der Waals surface area contributed by atoms with Crippen LogP contribution in [0.1, 0.15) is 189 Å². The standard InChI is InChI=1S/C61H107N7O9/c1-35(41-14-16-43-54-45(33-50(73)60(41,43)5)58(3)22-20-39(69)29-37(58)31-48(54)71)12-18-52(75)65-24-7-8-27-68(56(77)47(62)11-9-25-67-57(63)64)28-10-26-66-53(76)19-13-36(2)42-15-17-44-55-46(34-51(74)61(42,44)6)59(4)23-21-40(70)30-38(59)32-49(55)72/h35-51,54-55,69-74H,7-34,62H2,1-6H3,(H,65,75)(H,66,76)(H4,63,64,67)/t35-,36-,37+,38+,39-,40-,41-,42-,43+,44+,45+,46+,47+,48-,49-,50+,51+,54+,55+,58+,59+,60-,61-/m1/s1. The predicted octanol–water partition coefficient (Wildman–Crippen LogP) is 5.35. The maximum Gasteiger partial charge on any atom is 0.239 e. The van der Waals surface area contributed by atoms with Gasteiger partial charge >= 0.3 is 0 Å². The Morgan fingerprint density at radius 3 is 1.51 bits per heavy atom. The first kappa shape index (κ1) is 60.5. The summed E-state index contributed by atoms with van der Waals surface area (Å²) in [5, 5.41) is 74.6. The summed E-state index contributed by atoms with van der Waals surface area (Å²) < 4.78 is 0. The van der Waals surface area contributed by atoms with E-state index in [4.69, 9.17) is 17.2 Å². The normalized spacial score (nSPS) is 43.2. The number of aliphatic imine (C=N–C) groups is 1. The van der Waals surface area contributed by atoms with Crippen LogP contribution in [0.4, 0.5) is 0 Å². The number of rotatable bonds is 22. The molecule has 23 atom stereocenters. The molecular weight excluding hydrogens is 975 g/mol. The zero-order valence-corrected chi connectivity index (χ0v) is 48.3. The van der Waals surface area contributed by atoms with E-state index in [-0.39, 0.29) is 129 Å². The fourth-order valence-electron chi connectivity index (χ4n) is 19.9. The highest BCUT2D eigenvalue weighted by atomic mass is 16.3. The summed E-state index contributed by atoms with van der Waals surface area (Å²) in [6.07, 6.45) is 14.6. The van der Waals surface area contributed by atoms with Gasteiger partial charge < -0.3 is 63.4 Å². The number of nitrogens with zero attached hydrogens (tertiary/aromatic N) is 2. The van der Waals surface area contributed by atoms with Gasteiger partial charge in [0, 0.05) is 45.6 Å². The Bertz CT molecular complexity index is 2050. The maximum absolute atomic E-state index is 13.7. The second-order valence-electron chi connectivity index (χ2n) is 28.2. The lowest BCUT2D eigenvalue weighted by atomic mass is 9.43. The van der Waals surface area contributed by atoms with Crippen LogP contribution < -0.4 is 27.8 Å². The van der Waals surface area contributed by atoms with Gasteiger partial charge in [-0.1, -0.05) is 41.5 Å². The lowest BCUT2D eigenvalue weighted by Crippen LogP contribution is -2.62. The van der Waals surface area contributed by atoms with Crippen molar-refractivity contribution >= 4 is 23.7 Å². The molecular formula is C61H107N7O9. The number of nitrogens with two attached hydrogens (primary N) is 3. The summed E-state index contributed by atoms with van der Waals surface area (Å²) in [6, 6.07) is -0.723. The average molecular weight is 1080 g/mol. The molecule has 0 aromatic rings. The molecule has 0 bridgehead atoms.